The van der Waals surface area contributed by atoms with Gasteiger partial charge >= 0.3 is 0 Å². The van der Waals surface area contributed by atoms with Crippen LogP contribution < -0.4 is 5.32 Å². The van der Waals surface area contributed by atoms with E-state index in [9.17, 15) is 9.59 Å². The number of ketones is 1. The molecule has 2 aliphatic carbocycles. The van der Waals surface area contributed by atoms with Gasteiger partial charge in [0.15, 0.2) is 5.78 Å². The summed E-state index contributed by atoms with van der Waals surface area (Å²) in [5, 5.41) is 3.04. The minimum absolute atomic E-state index is 0.00113. The SMILES string of the molecule is Cc1ccc(C(=O)NC2CC2)cc1-c1ccc2c(c1)CC(C)(C)C2=O. The van der Waals surface area contributed by atoms with Crippen molar-refractivity contribution in [2.24, 2.45) is 5.41 Å². The molecule has 0 saturated heterocycles. The molecule has 0 atom stereocenters. The molecule has 25 heavy (non-hydrogen) atoms. The predicted octanol–water partition coefficient (Wildman–Crippen LogP) is 4.32. The molecule has 2 aromatic rings. The third-order valence-corrected chi connectivity index (χ3v) is 5.32. The van der Waals surface area contributed by atoms with Gasteiger partial charge in [0.05, 0.1) is 0 Å². The van der Waals surface area contributed by atoms with Crippen LogP contribution in [-0.2, 0) is 6.42 Å². The van der Waals surface area contributed by atoms with Crippen molar-refractivity contribution >= 4 is 11.7 Å². The van der Waals surface area contributed by atoms with Gasteiger partial charge in [0.2, 0.25) is 0 Å². The lowest BCUT2D eigenvalue weighted by Crippen LogP contribution is -2.25. The van der Waals surface area contributed by atoms with Gasteiger partial charge in [-0.1, -0.05) is 38.1 Å². The van der Waals surface area contributed by atoms with Crippen LogP contribution in [-0.4, -0.2) is 17.7 Å². The van der Waals surface area contributed by atoms with E-state index < -0.39 is 0 Å². The Kier molecular flexibility index (Phi) is 3.57. The summed E-state index contributed by atoms with van der Waals surface area (Å²) >= 11 is 0. The van der Waals surface area contributed by atoms with Crippen LogP contribution in [0.4, 0.5) is 0 Å². The first kappa shape index (κ1) is 16.1. The van der Waals surface area contributed by atoms with Gasteiger partial charge in [-0.2, -0.15) is 0 Å². The molecule has 0 radical (unpaired) electrons. The molecule has 0 aromatic heterocycles. The van der Waals surface area contributed by atoms with E-state index in [-0.39, 0.29) is 17.1 Å². The Morgan fingerprint density at radius 3 is 2.56 bits per heavy atom. The van der Waals surface area contributed by atoms with Crippen LogP contribution in [0.25, 0.3) is 11.1 Å². The third-order valence-electron chi connectivity index (χ3n) is 5.32. The third kappa shape index (κ3) is 2.88. The van der Waals surface area contributed by atoms with Crippen molar-refractivity contribution in [2.45, 2.75) is 46.1 Å². The van der Waals surface area contributed by atoms with Crippen molar-refractivity contribution in [2.75, 3.05) is 0 Å². The summed E-state index contributed by atoms with van der Waals surface area (Å²) in [5.74, 6) is 0.226. The monoisotopic (exact) mass is 333 g/mol. The zero-order valence-corrected chi connectivity index (χ0v) is 15.0. The number of carbonyl (C=O) groups excluding carboxylic acids is 2. The van der Waals surface area contributed by atoms with Gasteiger partial charge in [0, 0.05) is 22.6 Å². The van der Waals surface area contributed by atoms with Crippen LogP contribution >= 0.6 is 0 Å². The maximum atomic E-state index is 12.4. The molecular formula is C22H23NO2. The normalized spacial score (nSPS) is 18.1. The molecule has 3 heteroatoms. The second kappa shape index (κ2) is 5.55. The number of aryl methyl sites for hydroxylation is 1. The Morgan fingerprint density at radius 1 is 1.08 bits per heavy atom. The second-order valence-electron chi connectivity index (χ2n) is 8.04. The van der Waals surface area contributed by atoms with E-state index in [0.717, 1.165) is 47.1 Å². The molecule has 0 aliphatic heterocycles. The number of carbonyl (C=O) groups is 2. The highest BCUT2D eigenvalue weighted by molar-refractivity contribution is 6.05. The molecule has 2 aliphatic rings. The van der Waals surface area contributed by atoms with Crippen LogP contribution in [0.15, 0.2) is 36.4 Å². The fourth-order valence-corrected chi connectivity index (χ4v) is 3.62. The molecule has 128 valence electrons. The fraction of sp³-hybridized carbons (Fsp3) is 0.364. The first-order valence-electron chi connectivity index (χ1n) is 8.95. The highest BCUT2D eigenvalue weighted by atomic mass is 16.1. The molecule has 2 aromatic carbocycles. The summed E-state index contributed by atoms with van der Waals surface area (Å²) in [6.07, 6.45) is 2.94. The molecule has 0 bridgehead atoms. The van der Waals surface area contributed by atoms with Crippen molar-refractivity contribution in [1.82, 2.24) is 5.32 Å². The number of rotatable bonds is 3. The molecule has 1 fully saturated rings. The lowest BCUT2D eigenvalue weighted by atomic mass is 9.89. The number of Topliss-reactive ketones (excluding diaryl/α,β-unsaturated/α-hetero) is 1. The summed E-state index contributed by atoms with van der Waals surface area (Å²) in [6, 6.07) is 12.3. The Labute approximate surface area is 148 Å². The van der Waals surface area contributed by atoms with Crippen LogP contribution in [0, 0.1) is 12.3 Å². The van der Waals surface area contributed by atoms with Gasteiger partial charge in [0.1, 0.15) is 0 Å². The summed E-state index contributed by atoms with van der Waals surface area (Å²) in [6.45, 7) is 6.06. The lowest BCUT2D eigenvalue weighted by molar-refractivity contribution is 0.0863. The topological polar surface area (TPSA) is 46.2 Å². The number of hydrogen-bond acceptors (Lipinski definition) is 2. The van der Waals surface area contributed by atoms with Gasteiger partial charge in [-0.15, -0.1) is 0 Å². The molecule has 1 saturated carbocycles. The van der Waals surface area contributed by atoms with Crippen LogP contribution in [0.3, 0.4) is 0 Å². The minimum Gasteiger partial charge on any atom is -0.349 e. The maximum Gasteiger partial charge on any atom is 0.251 e. The minimum atomic E-state index is -0.317. The van der Waals surface area contributed by atoms with E-state index in [4.69, 9.17) is 0 Å². The highest BCUT2D eigenvalue weighted by Gasteiger charge is 2.37. The van der Waals surface area contributed by atoms with E-state index in [0.29, 0.717) is 11.6 Å². The maximum absolute atomic E-state index is 12.4. The summed E-state index contributed by atoms with van der Waals surface area (Å²) in [5.41, 5.74) is 5.60. The predicted molar refractivity (Wildman–Crippen MR) is 98.9 cm³/mol. The van der Waals surface area contributed by atoms with Crippen LogP contribution in [0.2, 0.25) is 0 Å². The first-order chi connectivity index (χ1) is 11.8. The zero-order valence-electron chi connectivity index (χ0n) is 15.0. The number of nitrogens with one attached hydrogen (secondary N) is 1. The van der Waals surface area contributed by atoms with Crippen LogP contribution in [0.1, 0.15) is 58.5 Å². The van der Waals surface area contributed by atoms with Gasteiger partial charge < -0.3 is 5.32 Å². The van der Waals surface area contributed by atoms with Crippen molar-refractivity contribution in [3.63, 3.8) is 0 Å². The van der Waals surface area contributed by atoms with Gasteiger partial charge in [-0.05, 0) is 60.6 Å². The Bertz CT molecular complexity index is 891. The number of benzene rings is 2. The second-order valence-corrected chi connectivity index (χ2v) is 8.04. The average Bonchev–Trinajstić information content (AvgIpc) is 3.34. The summed E-state index contributed by atoms with van der Waals surface area (Å²) in [4.78, 5) is 24.8. The molecule has 1 amide bonds. The standard InChI is InChI=1S/C22H23NO2/c1-13-4-5-15(21(25)23-17-7-8-17)11-19(13)14-6-9-18-16(10-14)12-22(2,3)20(18)24/h4-6,9-11,17H,7-8,12H2,1-3H3,(H,23,25). The van der Waals surface area contributed by atoms with Crippen molar-refractivity contribution in [1.29, 1.82) is 0 Å². The van der Waals surface area contributed by atoms with Crippen molar-refractivity contribution in [3.8, 4) is 11.1 Å². The number of hydrogen-bond donors (Lipinski definition) is 1. The van der Waals surface area contributed by atoms with Gasteiger partial charge in [-0.3, -0.25) is 9.59 Å². The van der Waals surface area contributed by atoms with Crippen molar-refractivity contribution < 1.29 is 9.59 Å². The molecule has 3 nitrogen and oxygen atoms in total. The average molecular weight is 333 g/mol. The number of amides is 1. The highest BCUT2D eigenvalue weighted by Crippen LogP contribution is 2.38. The van der Waals surface area contributed by atoms with Gasteiger partial charge in [-0.25, -0.2) is 0 Å². The quantitative estimate of drug-likeness (QED) is 0.909. The van der Waals surface area contributed by atoms with E-state index >= 15 is 0 Å². The van der Waals surface area contributed by atoms with E-state index in [1.165, 1.54) is 0 Å². The zero-order chi connectivity index (χ0) is 17.8. The van der Waals surface area contributed by atoms with E-state index in [2.05, 4.69) is 18.3 Å². The largest absolute Gasteiger partial charge is 0.349 e. The molecular weight excluding hydrogens is 310 g/mol. The van der Waals surface area contributed by atoms with Gasteiger partial charge in [0.25, 0.3) is 5.91 Å². The molecule has 0 spiro atoms. The lowest BCUT2D eigenvalue weighted by Gasteiger charge is -2.13. The Morgan fingerprint density at radius 2 is 1.84 bits per heavy atom. The summed E-state index contributed by atoms with van der Waals surface area (Å²) < 4.78 is 0. The fourth-order valence-electron chi connectivity index (χ4n) is 3.62. The number of fused-ring (bicyclic) bond motifs is 1. The Hall–Kier alpha value is -2.42. The summed E-state index contributed by atoms with van der Waals surface area (Å²) in [7, 11) is 0. The Balaban J connectivity index is 1.70. The van der Waals surface area contributed by atoms with E-state index in [1.807, 2.05) is 44.2 Å². The van der Waals surface area contributed by atoms with Crippen LogP contribution in [0.5, 0.6) is 0 Å². The first-order valence-corrected chi connectivity index (χ1v) is 8.95. The molecule has 4 rings (SSSR count). The smallest absolute Gasteiger partial charge is 0.251 e. The van der Waals surface area contributed by atoms with E-state index in [1.54, 1.807) is 0 Å². The molecule has 1 N–H and O–H groups in total. The van der Waals surface area contributed by atoms with Crippen molar-refractivity contribution in [3.05, 3.63) is 58.7 Å². The molecule has 0 heterocycles. The molecule has 0 unspecified atom stereocenters.